The van der Waals surface area contributed by atoms with E-state index in [9.17, 15) is 17.6 Å². The number of anilines is 2. The Kier molecular flexibility index (Phi) is 7.69. The second-order valence-electron chi connectivity index (χ2n) is 7.81. The van der Waals surface area contributed by atoms with Crippen LogP contribution in [0.15, 0.2) is 71.6 Å². The van der Waals surface area contributed by atoms with Crippen molar-refractivity contribution in [1.82, 2.24) is 4.90 Å². The van der Waals surface area contributed by atoms with Crippen molar-refractivity contribution in [2.24, 2.45) is 0 Å². The summed E-state index contributed by atoms with van der Waals surface area (Å²) in [6.45, 7) is 1.60. The second-order valence-corrected chi connectivity index (χ2v) is 10.3. The molecule has 7 nitrogen and oxygen atoms in total. The number of nitrogens with zero attached hydrogens (tertiary/aromatic N) is 2. The lowest BCUT2D eigenvalue weighted by Gasteiger charge is -2.36. The topological polar surface area (TPSA) is 78.9 Å². The van der Waals surface area contributed by atoms with Crippen LogP contribution in [-0.2, 0) is 14.8 Å². The fraction of sp³-hybridized carbons (Fsp3) is 0.208. The van der Waals surface area contributed by atoms with Crippen LogP contribution in [0.3, 0.4) is 0 Å². The van der Waals surface area contributed by atoms with Crippen LogP contribution in [0.4, 0.5) is 15.8 Å². The molecule has 3 aromatic carbocycles. The first-order valence-corrected chi connectivity index (χ1v) is 12.9. The lowest BCUT2D eigenvalue weighted by atomic mass is 10.2. The maximum absolute atomic E-state index is 14.0. The van der Waals surface area contributed by atoms with Gasteiger partial charge in [0, 0.05) is 36.9 Å². The fourth-order valence-electron chi connectivity index (χ4n) is 3.63. The Balaban J connectivity index is 1.32. The lowest BCUT2D eigenvalue weighted by Crippen LogP contribution is -2.50. The highest BCUT2D eigenvalue weighted by Crippen LogP contribution is 2.29. The van der Waals surface area contributed by atoms with E-state index in [4.69, 9.17) is 27.9 Å². The third-order valence-electron chi connectivity index (χ3n) is 5.49. The van der Waals surface area contributed by atoms with E-state index >= 15 is 0 Å². The zero-order chi connectivity index (χ0) is 25.0. The predicted molar refractivity (Wildman–Crippen MR) is 134 cm³/mol. The monoisotopic (exact) mass is 537 g/mol. The molecule has 35 heavy (non-hydrogen) atoms. The molecule has 184 valence electrons. The molecule has 1 saturated heterocycles. The summed E-state index contributed by atoms with van der Waals surface area (Å²) in [4.78, 5) is 16.1. The Bertz CT molecular complexity index is 1310. The number of halogens is 3. The SMILES string of the molecule is O=C(COc1ccc(S(=O)(=O)Nc2ccc(Cl)cc2)cc1Cl)N1CCN(c2ccccc2F)CC1. The summed E-state index contributed by atoms with van der Waals surface area (Å²) in [5.41, 5.74) is 0.870. The van der Waals surface area contributed by atoms with Crippen molar-refractivity contribution >= 4 is 50.5 Å². The van der Waals surface area contributed by atoms with Crippen LogP contribution in [0.5, 0.6) is 5.75 Å². The maximum Gasteiger partial charge on any atom is 0.261 e. The van der Waals surface area contributed by atoms with Gasteiger partial charge in [-0.15, -0.1) is 0 Å². The number of carbonyl (C=O) groups is 1. The Labute approximate surface area is 213 Å². The summed E-state index contributed by atoms with van der Waals surface area (Å²) in [5, 5.41) is 0.542. The average Bonchev–Trinajstić information content (AvgIpc) is 2.85. The van der Waals surface area contributed by atoms with Gasteiger partial charge in [-0.1, -0.05) is 35.3 Å². The second kappa shape index (κ2) is 10.7. The zero-order valence-electron chi connectivity index (χ0n) is 18.5. The molecule has 11 heteroatoms. The van der Waals surface area contributed by atoms with Crippen molar-refractivity contribution < 1.29 is 22.3 Å². The van der Waals surface area contributed by atoms with Crippen molar-refractivity contribution in [3.8, 4) is 5.75 Å². The van der Waals surface area contributed by atoms with E-state index in [1.54, 1.807) is 47.4 Å². The summed E-state index contributed by atoms with van der Waals surface area (Å²) in [5.74, 6) is -0.343. The average molecular weight is 538 g/mol. The summed E-state index contributed by atoms with van der Waals surface area (Å²) in [6.07, 6.45) is 0. The van der Waals surface area contributed by atoms with Crippen molar-refractivity contribution in [3.63, 3.8) is 0 Å². The molecule has 0 spiro atoms. The Morgan fingerprint density at radius 1 is 0.971 bits per heavy atom. The Morgan fingerprint density at radius 2 is 1.66 bits per heavy atom. The van der Waals surface area contributed by atoms with E-state index in [0.717, 1.165) is 0 Å². The van der Waals surface area contributed by atoms with Gasteiger partial charge in [0.15, 0.2) is 6.61 Å². The molecule has 1 aliphatic rings. The quantitative estimate of drug-likeness (QED) is 0.474. The molecule has 1 heterocycles. The van der Waals surface area contributed by atoms with Gasteiger partial charge in [-0.2, -0.15) is 0 Å². The van der Waals surface area contributed by atoms with E-state index < -0.39 is 10.0 Å². The molecule has 0 unspecified atom stereocenters. The molecule has 0 saturated carbocycles. The third kappa shape index (κ3) is 6.17. The number of benzene rings is 3. The van der Waals surface area contributed by atoms with Crippen LogP contribution in [0.1, 0.15) is 0 Å². The first-order chi connectivity index (χ1) is 16.7. The molecule has 3 aromatic rings. The number of rotatable bonds is 7. The largest absolute Gasteiger partial charge is 0.482 e. The van der Waals surface area contributed by atoms with Crippen LogP contribution in [-0.4, -0.2) is 52.0 Å². The minimum absolute atomic E-state index is 0.0552. The molecular weight excluding hydrogens is 516 g/mol. The Hall–Kier alpha value is -3.01. The maximum atomic E-state index is 14.0. The summed E-state index contributed by atoms with van der Waals surface area (Å²) in [6, 6.07) is 16.8. The fourth-order valence-corrected chi connectivity index (χ4v) is 5.14. The number of carbonyl (C=O) groups excluding carboxylic acids is 1. The molecule has 1 aliphatic heterocycles. The number of hydrogen-bond acceptors (Lipinski definition) is 5. The standard InChI is InChI=1S/C24H22Cl2FN3O4S/c25-17-5-7-18(8-6-17)28-35(32,33)19-9-10-23(20(26)15-19)34-16-24(31)30-13-11-29(12-14-30)22-4-2-1-3-21(22)27/h1-10,15,28H,11-14,16H2. The Morgan fingerprint density at radius 3 is 2.31 bits per heavy atom. The number of hydrogen-bond donors (Lipinski definition) is 1. The molecule has 4 rings (SSSR count). The molecule has 0 bridgehead atoms. The number of sulfonamides is 1. The first-order valence-electron chi connectivity index (χ1n) is 10.7. The van der Waals surface area contributed by atoms with Crippen LogP contribution >= 0.6 is 23.2 Å². The number of para-hydroxylation sites is 1. The van der Waals surface area contributed by atoms with Gasteiger partial charge < -0.3 is 14.5 Å². The van der Waals surface area contributed by atoms with Crippen molar-refractivity contribution in [1.29, 1.82) is 0 Å². The molecule has 0 aromatic heterocycles. The molecular formula is C24H22Cl2FN3O4S. The molecule has 1 fully saturated rings. The van der Waals surface area contributed by atoms with Gasteiger partial charge in [0.1, 0.15) is 11.6 Å². The van der Waals surface area contributed by atoms with Crippen LogP contribution in [0, 0.1) is 5.82 Å². The van der Waals surface area contributed by atoms with Crippen LogP contribution in [0.25, 0.3) is 0 Å². The zero-order valence-corrected chi connectivity index (χ0v) is 20.8. The summed E-state index contributed by atoms with van der Waals surface area (Å²) >= 11 is 12.1. The minimum atomic E-state index is -3.88. The lowest BCUT2D eigenvalue weighted by molar-refractivity contribution is -0.133. The number of nitrogens with one attached hydrogen (secondary N) is 1. The van der Waals surface area contributed by atoms with E-state index in [1.165, 1.54) is 24.3 Å². The predicted octanol–water partition coefficient (Wildman–Crippen LogP) is 4.66. The molecule has 0 atom stereocenters. The smallest absolute Gasteiger partial charge is 0.261 e. The molecule has 1 N–H and O–H groups in total. The van der Waals surface area contributed by atoms with Gasteiger partial charge in [-0.25, -0.2) is 12.8 Å². The molecule has 0 aliphatic carbocycles. The van der Waals surface area contributed by atoms with Gasteiger partial charge in [0.25, 0.3) is 15.9 Å². The third-order valence-corrected chi connectivity index (χ3v) is 7.41. The van der Waals surface area contributed by atoms with Gasteiger partial charge in [-0.3, -0.25) is 9.52 Å². The van der Waals surface area contributed by atoms with E-state index in [0.29, 0.717) is 42.6 Å². The summed E-state index contributed by atoms with van der Waals surface area (Å²) in [7, 11) is -3.88. The van der Waals surface area contributed by atoms with Crippen molar-refractivity contribution in [2.45, 2.75) is 4.90 Å². The van der Waals surface area contributed by atoms with Crippen molar-refractivity contribution in [3.05, 3.63) is 82.6 Å². The summed E-state index contributed by atoms with van der Waals surface area (Å²) < 4.78 is 47.3. The highest BCUT2D eigenvalue weighted by Gasteiger charge is 2.23. The number of ether oxygens (including phenoxy) is 1. The van der Waals surface area contributed by atoms with E-state index in [-0.39, 0.29) is 34.0 Å². The number of piperazine rings is 1. The molecule has 1 amide bonds. The van der Waals surface area contributed by atoms with E-state index in [1.807, 2.05) is 4.90 Å². The van der Waals surface area contributed by atoms with Gasteiger partial charge in [0.2, 0.25) is 0 Å². The van der Waals surface area contributed by atoms with Crippen molar-refractivity contribution in [2.75, 3.05) is 42.4 Å². The highest BCUT2D eigenvalue weighted by atomic mass is 35.5. The first kappa shape index (κ1) is 25.1. The normalized spacial score (nSPS) is 14.0. The highest BCUT2D eigenvalue weighted by molar-refractivity contribution is 7.92. The van der Waals surface area contributed by atoms with E-state index in [2.05, 4.69) is 4.72 Å². The minimum Gasteiger partial charge on any atom is -0.482 e. The molecule has 0 radical (unpaired) electrons. The van der Waals surface area contributed by atoms with Gasteiger partial charge in [-0.05, 0) is 54.6 Å². The van der Waals surface area contributed by atoms with Crippen LogP contribution in [0.2, 0.25) is 10.0 Å². The van der Waals surface area contributed by atoms with Crippen LogP contribution < -0.4 is 14.4 Å². The van der Waals surface area contributed by atoms with Gasteiger partial charge >= 0.3 is 0 Å². The van der Waals surface area contributed by atoms with Gasteiger partial charge in [0.05, 0.1) is 15.6 Å². The number of amides is 1.